The molecule has 1 heterocycles. The third-order valence-electron chi connectivity index (χ3n) is 5.57. The van der Waals surface area contributed by atoms with Crippen LogP contribution in [0, 0.1) is 11.7 Å². The van der Waals surface area contributed by atoms with Gasteiger partial charge in [-0.3, -0.25) is 14.4 Å². The molecule has 0 saturated carbocycles. The van der Waals surface area contributed by atoms with Crippen molar-refractivity contribution in [1.29, 1.82) is 0 Å². The van der Waals surface area contributed by atoms with Crippen LogP contribution in [0.4, 0.5) is 15.8 Å². The molecule has 0 radical (unpaired) electrons. The molecule has 4 rings (SSSR count). The van der Waals surface area contributed by atoms with Crippen LogP contribution >= 0.6 is 0 Å². The van der Waals surface area contributed by atoms with Crippen molar-refractivity contribution in [3.8, 4) is 0 Å². The van der Waals surface area contributed by atoms with Crippen LogP contribution in [0.5, 0.6) is 0 Å². The fourth-order valence-corrected chi connectivity index (χ4v) is 3.82. The fraction of sp³-hybridized carbons (Fsp3) is 0.192. The zero-order valence-corrected chi connectivity index (χ0v) is 18.0. The van der Waals surface area contributed by atoms with Crippen molar-refractivity contribution in [2.75, 3.05) is 23.7 Å². The molecule has 0 aromatic heterocycles. The smallest absolute Gasteiger partial charge is 0.255 e. The summed E-state index contributed by atoms with van der Waals surface area (Å²) < 4.78 is 13.3. The van der Waals surface area contributed by atoms with Gasteiger partial charge in [0.05, 0.1) is 5.92 Å². The van der Waals surface area contributed by atoms with Crippen molar-refractivity contribution in [1.82, 2.24) is 4.90 Å². The Morgan fingerprint density at radius 2 is 1.64 bits per heavy atom. The molecule has 7 heteroatoms. The summed E-state index contributed by atoms with van der Waals surface area (Å²) in [6.45, 7) is 0.944. The predicted molar refractivity (Wildman–Crippen MR) is 124 cm³/mol. The van der Waals surface area contributed by atoms with Gasteiger partial charge in [0, 0.05) is 36.4 Å². The Kier molecular flexibility index (Phi) is 6.78. The molecule has 1 atom stereocenters. The highest BCUT2D eigenvalue weighted by atomic mass is 19.1. The number of anilines is 2. The van der Waals surface area contributed by atoms with Crippen LogP contribution in [0.15, 0.2) is 78.9 Å². The van der Waals surface area contributed by atoms with Gasteiger partial charge in [-0.2, -0.15) is 0 Å². The number of nitrogens with one attached hydrogen (secondary N) is 2. The van der Waals surface area contributed by atoms with E-state index < -0.39 is 17.6 Å². The highest BCUT2D eigenvalue weighted by Crippen LogP contribution is 2.21. The highest BCUT2D eigenvalue weighted by Gasteiger charge is 2.34. The third kappa shape index (κ3) is 5.83. The Hall–Kier alpha value is -4.00. The standard InChI is InChI=1S/C26H24FN3O3/c27-21-9-5-11-23(16-21)29-25(32)19-8-4-10-22(14-19)28-26(33)20-15-24(31)30(17-20)13-12-18-6-2-1-3-7-18/h1-11,14,16,20H,12-13,15,17H2,(H,28,33)(H,29,32). The van der Waals surface area contributed by atoms with Crippen molar-refractivity contribution in [2.45, 2.75) is 12.8 Å². The van der Waals surface area contributed by atoms with E-state index in [9.17, 15) is 18.8 Å². The lowest BCUT2D eigenvalue weighted by Crippen LogP contribution is -2.30. The first kappa shape index (κ1) is 22.2. The van der Waals surface area contributed by atoms with Gasteiger partial charge in [-0.1, -0.05) is 42.5 Å². The lowest BCUT2D eigenvalue weighted by Gasteiger charge is -2.16. The number of likely N-dealkylation sites (tertiary alicyclic amines) is 1. The Morgan fingerprint density at radius 1 is 0.909 bits per heavy atom. The summed E-state index contributed by atoms with van der Waals surface area (Å²) in [6.07, 6.45) is 0.907. The summed E-state index contributed by atoms with van der Waals surface area (Å²) in [5.74, 6) is -1.60. The van der Waals surface area contributed by atoms with Crippen LogP contribution in [0.2, 0.25) is 0 Å². The molecule has 168 valence electrons. The normalized spacial score (nSPS) is 15.4. The van der Waals surface area contributed by atoms with E-state index in [1.165, 1.54) is 18.2 Å². The monoisotopic (exact) mass is 445 g/mol. The third-order valence-corrected chi connectivity index (χ3v) is 5.57. The number of hydrogen-bond acceptors (Lipinski definition) is 3. The van der Waals surface area contributed by atoms with Crippen LogP contribution in [-0.2, 0) is 16.0 Å². The summed E-state index contributed by atoms with van der Waals surface area (Å²) >= 11 is 0. The molecule has 0 aliphatic carbocycles. The number of carbonyl (C=O) groups excluding carboxylic acids is 3. The van der Waals surface area contributed by atoms with E-state index in [1.807, 2.05) is 30.3 Å². The quantitative estimate of drug-likeness (QED) is 0.575. The molecule has 33 heavy (non-hydrogen) atoms. The fourth-order valence-electron chi connectivity index (χ4n) is 3.82. The molecule has 1 fully saturated rings. The zero-order valence-electron chi connectivity index (χ0n) is 18.0. The second-order valence-electron chi connectivity index (χ2n) is 8.01. The Bertz CT molecular complexity index is 1170. The second kappa shape index (κ2) is 10.1. The Morgan fingerprint density at radius 3 is 2.39 bits per heavy atom. The minimum Gasteiger partial charge on any atom is -0.342 e. The van der Waals surface area contributed by atoms with Gasteiger partial charge in [-0.05, 0) is 48.4 Å². The average molecular weight is 445 g/mol. The van der Waals surface area contributed by atoms with Gasteiger partial charge in [-0.15, -0.1) is 0 Å². The topological polar surface area (TPSA) is 78.5 Å². The minimum absolute atomic E-state index is 0.0331. The summed E-state index contributed by atoms with van der Waals surface area (Å²) in [4.78, 5) is 39.3. The second-order valence-corrected chi connectivity index (χ2v) is 8.01. The lowest BCUT2D eigenvalue weighted by molar-refractivity contribution is -0.128. The molecule has 1 aliphatic heterocycles. The maximum atomic E-state index is 13.3. The molecule has 0 bridgehead atoms. The molecule has 1 aliphatic rings. The van der Waals surface area contributed by atoms with E-state index in [2.05, 4.69) is 10.6 Å². The molecule has 1 saturated heterocycles. The van der Waals surface area contributed by atoms with Crippen molar-refractivity contribution in [3.63, 3.8) is 0 Å². The van der Waals surface area contributed by atoms with Crippen LogP contribution in [0.25, 0.3) is 0 Å². The summed E-state index contributed by atoms with van der Waals surface area (Å²) in [7, 11) is 0. The maximum Gasteiger partial charge on any atom is 0.255 e. The molecule has 1 unspecified atom stereocenters. The Labute approximate surface area is 191 Å². The molecule has 3 aromatic carbocycles. The van der Waals surface area contributed by atoms with Crippen LogP contribution in [-0.4, -0.2) is 35.7 Å². The van der Waals surface area contributed by atoms with Gasteiger partial charge in [0.25, 0.3) is 5.91 Å². The molecule has 0 spiro atoms. The van der Waals surface area contributed by atoms with Crippen LogP contribution < -0.4 is 10.6 Å². The van der Waals surface area contributed by atoms with Gasteiger partial charge in [0.15, 0.2) is 0 Å². The molecule has 6 nitrogen and oxygen atoms in total. The first-order chi connectivity index (χ1) is 16.0. The summed E-state index contributed by atoms with van der Waals surface area (Å²) in [5, 5.41) is 5.44. The predicted octanol–water partition coefficient (Wildman–Crippen LogP) is 4.11. The Balaban J connectivity index is 1.33. The maximum absolute atomic E-state index is 13.3. The number of hydrogen-bond donors (Lipinski definition) is 2. The van der Waals surface area contributed by atoms with E-state index in [1.54, 1.807) is 35.2 Å². The van der Waals surface area contributed by atoms with Crippen LogP contribution in [0.1, 0.15) is 22.3 Å². The van der Waals surface area contributed by atoms with Gasteiger partial charge in [0.1, 0.15) is 5.82 Å². The van der Waals surface area contributed by atoms with Gasteiger partial charge < -0.3 is 15.5 Å². The number of rotatable bonds is 7. The summed E-state index contributed by atoms with van der Waals surface area (Å²) in [6, 6.07) is 22.0. The number of halogens is 1. The lowest BCUT2D eigenvalue weighted by atomic mass is 10.1. The number of benzene rings is 3. The summed E-state index contributed by atoms with van der Waals surface area (Å²) in [5.41, 5.74) is 2.27. The van der Waals surface area contributed by atoms with E-state index in [4.69, 9.17) is 0 Å². The minimum atomic E-state index is -0.447. The van der Waals surface area contributed by atoms with Crippen molar-refractivity contribution in [2.24, 2.45) is 5.92 Å². The average Bonchev–Trinajstić information content (AvgIpc) is 3.19. The van der Waals surface area contributed by atoms with Crippen molar-refractivity contribution >= 4 is 29.1 Å². The highest BCUT2D eigenvalue weighted by molar-refractivity contribution is 6.05. The molecule has 3 amide bonds. The number of carbonyl (C=O) groups is 3. The first-order valence-electron chi connectivity index (χ1n) is 10.8. The molecular weight excluding hydrogens is 421 g/mol. The molecular formula is C26H24FN3O3. The van der Waals surface area contributed by atoms with Crippen molar-refractivity contribution in [3.05, 3.63) is 95.8 Å². The number of amides is 3. The molecule has 2 N–H and O–H groups in total. The van der Waals surface area contributed by atoms with Gasteiger partial charge >= 0.3 is 0 Å². The zero-order chi connectivity index (χ0) is 23.2. The van der Waals surface area contributed by atoms with E-state index in [0.717, 1.165) is 12.0 Å². The SMILES string of the molecule is O=C(Nc1cccc(F)c1)c1cccc(NC(=O)C2CC(=O)N(CCc3ccccc3)C2)c1. The van der Waals surface area contributed by atoms with E-state index >= 15 is 0 Å². The van der Waals surface area contributed by atoms with Gasteiger partial charge in [-0.25, -0.2) is 4.39 Å². The van der Waals surface area contributed by atoms with E-state index in [0.29, 0.717) is 30.0 Å². The van der Waals surface area contributed by atoms with E-state index in [-0.39, 0.29) is 18.2 Å². The first-order valence-corrected chi connectivity index (χ1v) is 10.8. The largest absolute Gasteiger partial charge is 0.342 e. The van der Waals surface area contributed by atoms with Crippen molar-refractivity contribution < 1.29 is 18.8 Å². The number of nitrogens with zero attached hydrogens (tertiary/aromatic N) is 1. The van der Waals surface area contributed by atoms with Crippen LogP contribution in [0.3, 0.4) is 0 Å². The molecule has 3 aromatic rings. The van der Waals surface area contributed by atoms with Gasteiger partial charge in [0.2, 0.25) is 11.8 Å².